The minimum atomic E-state index is 0.134. The molecule has 0 saturated heterocycles. The van der Waals surface area contributed by atoms with Gasteiger partial charge in [-0.2, -0.15) is 0 Å². The van der Waals surface area contributed by atoms with Crippen molar-refractivity contribution in [2.45, 2.75) is 0 Å². The summed E-state index contributed by atoms with van der Waals surface area (Å²) in [5.74, 6) is 0.285. The van der Waals surface area contributed by atoms with Crippen molar-refractivity contribution in [2.24, 2.45) is 4.74 Å². The van der Waals surface area contributed by atoms with Crippen molar-refractivity contribution in [3.8, 4) is 11.5 Å². The minimum absolute atomic E-state index is 0.134. The molecule has 0 fully saturated rings. The first kappa shape index (κ1) is 8.97. The number of nitrogens with zero attached hydrogens (tertiary/aromatic N) is 1. The molecule has 0 amide bonds. The molecule has 0 atom stereocenters. The second-order valence-corrected chi connectivity index (χ2v) is 3.17. The molecule has 14 heavy (non-hydrogen) atoms. The Morgan fingerprint density at radius 1 is 0.929 bits per heavy atom. The van der Waals surface area contributed by atoms with Crippen LogP contribution in [0.4, 0.5) is 5.69 Å². The average Bonchev–Trinajstić information content (AvgIpc) is 2.23. The van der Waals surface area contributed by atoms with Gasteiger partial charge in [-0.15, -0.1) is 0 Å². The van der Waals surface area contributed by atoms with E-state index >= 15 is 0 Å². The van der Waals surface area contributed by atoms with Gasteiger partial charge in [-0.1, -0.05) is 0 Å². The molecule has 0 unspecified atom stereocenters. The summed E-state index contributed by atoms with van der Waals surface area (Å²) in [5.41, 5.74) is 0.690. The van der Waals surface area contributed by atoms with Crippen molar-refractivity contribution in [2.75, 3.05) is 0 Å². The number of phenols is 2. The van der Waals surface area contributed by atoms with Crippen LogP contribution in [0.25, 0.3) is 10.8 Å². The summed E-state index contributed by atoms with van der Waals surface area (Å²) in [7, 11) is 3.01. The zero-order chi connectivity index (χ0) is 10.1. The standard InChI is InChI=1S/C10H8NO2P/c12-9-3-4-10(13)8-5-6(11-14)1-2-7(8)9/h1-5,12-14H. The normalized spacial score (nSPS) is 10.3. The Bertz CT molecular complexity index is 511. The van der Waals surface area contributed by atoms with Gasteiger partial charge in [-0.3, -0.25) is 0 Å². The summed E-state index contributed by atoms with van der Waals surface area (Å²) < 4.78 is 3.80. The third-order valence-corrected chi connectivity index (χ3v) is 2.34. The van der Waals surface area contributed by atoms with Crippen molar-refractivity contribution < 1.29 is 10.2 Å². The summed E-state index contributed by atoms with van der Waals surface area (Å²) in [6.45, 7) is 0. The van der Waals surface area contributed by atoms with Crippen molar-refractivity contribution in [1.29, 1.82) is 0 Å². The number of hydrogen-bond acceptors (Lipinski definition) is 3. The van der Waals surface area contributed by atoms with Crippen molar-refractivity contribution in [3.63, 3.8) is 0 Å². The number of hydrogen-bond donors (Lipinski definition) is 2. The lowest BCUT2D eigenvalue weighted by Gasteiger charge is -2.03. The molecule has 0 aromatic heterocycles. The van der Waals surface area contributed by atoms with Crippen molar-refractivity contribution in [3.05, 3.63) is 30.3 Å². The van der Waals surface area contributed by atoms with Crippen LogP contribution in [-0.2, 0) is 0 Å². The molecule has 0 aliphatic carbocycles. The molecule has 0 heterocycles. The maximum Gasteiger partial charge on any atom is 0.123 e. The summed E-state index contributed by atoms with van der Waals surface area (Å²) in [6, 6.07) is 8.06. The van der Waals surface area contributed by atoms with Gasteiger partial charge in [0.1, 0.15) is 11.5 Å². The Hall–Kier alpha value is -1.60. The molecule has 4 heteroatoms. The van der Waals surface area contributed by atoms with Crippen LogP contribution >= 0.6 is 9.03 Å². The molecular weight excluding hydrogens is 197 g/mol. The van der Waals surface area contributed by atoms with E-state index < -0.39 is 0 Å². The first-order valence-corrected chi connectivity index (χ1v) is 4.49. The van der Waals surface area contributed by atoms with Crippen LogP contribution in [0.2, 0.25) is 0 Å². The quantitative estimate of drug-likeness (QED) is 0.554. The van der Waals surface area contributed by atoms with Crippen LogP contribution < -0.4 is 0 Å². The number of benzene rings is 2. The van der Waals surface area contributed by atoms with Gasteiger partial charge in [0.05, 0.1) is 5.69 Å². The summed E-state index contributed by atoms with van der Waals surface area (Å²) in [5, 5.41) is 20.3. The van der Waals surface area contributed by atoms with Crippen LogP contribution in [0.1, 0.15) is 0 Å². The molecule has 2 N–H and O–H groups in total. The number of fused-ring (bicyclic) bond motifs is 1. The van der Waals surface area contributed by atoms with Crippen LogP contribution in [-0.4, -0.2) is 10.2 Å². The van der Waals surface area contributed by atoms with E-state index in [-0.39, 0.29) is 11.5 Å². The van der Waals surface area contributed by atoms with Gasteiger partial charge in [0.2, 0.25) is 0 Å². The molecule has 70 valence electrons. The van der Waals surface area contributed by atoms with E-state index in [9.17, 15) is 10.2 Å². The fourth-order valence-electron chi connectivity index (χ4n) is 1.37. The van der Waals surface area contributed by atoms with Gasteiger partial charge in [0.25, 0.3) is 0 Å². The fourth-order valence-corrected chi connectivity index (χ4v) is 1.51. The Morgan fingerprint density at radius 3 is 2.21 bits per heavy atom. The zero-order valence-electron chi connectivity index (χ0n) is 7.23. The second-order valence-electron chi connectivity index (χ2n) is 2.95. The molecule has 2 aromatic carbocycles. The summed E-state index contributed by atoms with van der Waals surface area (Å²) >= 11 is 0. The van der Waals surface area contributed by atoms with Crippen LogP contribution in [0.15, 0.2) is 35.1 Å². The van der Waals surface area contributed by atoms with Gasteiger partial charge in [-0.05, 0) is 39.4 Å². The van der Waals surface area contributed by atoms with E-state index in [4.69, 9.17) is 0 Å². The van der Waals surface area contributed by atoms with Crippen LogP contribution in [0.3, 0.4) is 0 Å². The largest absolute Gasteiger partial charge is 0.507 e. The molecule has 2 rings (SSSR count). The first-order chi connectivity index (χ1) is 6.72. The van der Waals surface area contributed by atoms with Crippen molar-refractivity contribution in [1.82, 2.24) is 0 Å². The fraction of sp³-hybridized carbons (Fsp3) is 0. The highest BCUT2D eigenvalue weighted by Crippen LogP contribution is 2.34. The lowest BCUT2D eigenvalue weighted by Crippen LogP contribution is -1.75. The smallest absolute Gasteiger partial charge is 0.123 e. The number of rotatable bonds is 1. The number of phenolic OH excluding ortho intramolecular Hbond substituents is 2. The van der Waals surface area contributed by atoms with Crippen LogP contribution in [0.5, 0.6) is 11.5 Å². The molecule has 0 saturated carbocycles. The van der Waals surface area contributed by atoms with Gasteiger partial charge < -0.3 is 10.2 Å². The van der Waals surface area contributed by atoms with E-state index in [2.05, 4.69) is 13.8 Å². The van der Waals surface area contributed by atoms with E-state index in [1.165, 1.54) is 12.1 Å². The second kappa shape index (κ2) is 3.28. The molecule has 3 nitrogen and oxygen atoms in total. The van der Waals surface area contributed by atoms with E-state index in [0.29, 0.717) is 16.5 Å². The SMILES string of the molecule is Oc1ccc(O)c2cc(N=P)ccc12. The molecule has 0 spiro atoms. The van der Waals surface area contributed by atoms with E-state index in [0.717, 1.165) is 0 Å². The molecule has 0 radical (unpaired) electrons. The molecular formula is C10H8NO2P. The van der Waals surface area contributed by atoms with Gasteiger partial charge in [-0.25, -0.2) is 4.74 Å². The molecule has 0 aliphatic heterocycles. The zero-order valence-corrected chi connectivity index (χ0v) is 8.23. The highest BCUT2D eigenvalue weighted by molar-refractivity contribution is 7.04. The maximum absolute atomic E-state index is 9.55. The molecule has 2 aromatic rings. The predicted molar refractivity (Wildman–Crippen MR) is 57.7 cm³/mol. The highest BCUT2D eigenvalue weighted by atomic mass is 31.0. The Morgan fingerprint density at radius 2 is 1.57 bits per heavy atom. The summed E-state index contributed by atoms with van der Waals surface area (Å²) in [6.07, 6.45) is 0. The van der Waals surface area contributed by atoms with E-state index in [1.807, 2.05) is 0 Å². The van der Waals surface area contributed by atoms with Crippen molar-refractivity contribution >= 4 is 25.5 Å². The third-order valence-electron chi connectivity index (χ3n) is 2.08. The van der Waals surface area contributed by atoms with Crippen LogP contribution in [0, 0.1) is 0 Å². The Balaban J connectivity index is 2.86. The number of aromatic hydroxyl groups is 2. The topological polar surface area (TPSA) is 52.8 Å². The minimum Gasteiger partial charge on any atom is -0.507 e. The van der Waals surface area contributed by atoms with Gasteiger partial charge in [0, 0.05) is 10.8 Å². The lowest BCUT2D eigenvalue weighted by molar-refractivity contribution is 0.469. The predicted octanol–water partition coefficient (Wildman–Crippen LogP) is 3.21. The van der Waals surface area contributed by atoms with Gasteiger partial charge in [0.15, 0.2) is 0 Å². The lowest BCUT2D eigenvalue weighted by atomic mass is 10.1. The first-order valence-electron chi connectivity index (χ1n) is 4.04. The summed E-state index contributed by atoms with van der Waals surface area (Å²) in [4.78, 5) is 0. The monoisotopic (exact) mass is 205 g/mol. The Labute approximate surface area is 82.9 Å². The molecule has 0 bridgehead atoms. The maximum atomic E-state index is 9.55. The van der Waals surface area contributed by atoms with E-state index in [1.54, 1.807) is 18.2 Å². The Kier molecular flexibility index (Phi) is 2.10. The third kappa shape index (κ3) is 1.32. The molecule has 0 aliphatic rings. The average molecular weight is 205 g/mol. The van der Waals surface area contributed by atoms with Gasteiger partial charge >= 0.3 is 0 Å². The highest BCUT2D eigenvalue weighted by Gasteiger charge is 2.04.